The van der Waals surface area contributed by atoms with Crippen LogP contribution in [-0.2, 0) is 7.05 Å². The van der Waals surface area contributed by atoms with Crippen LogP contribution in [0.1, 0.15) is 12.6 Å². The minimum Gasteiger partial charge on any atom is -0.364 e. The third-order valence-corrected chi connectivity index (χ3v) is 2.53. The number of nitrogens with one attached hydrogen (secondary N) is 1. The second-order valence-corrected chi connectivity index (χ2v) is 3.91. The number of hydrogen-bond donors (Lipinski definition) is 2. The molecule has 2 heterocycles. The molecule has 0 aliphatic heterocycles. The van der Waals surface area contributed by atoms with Crippen molar-refractivity contribution in [2.75, 3.05) is 11.9 Å². The zero-order valence-corrected chi connectivity index (χ0v) is 9.73. The number of aromatic nitrogens is 4. The topological polar surface area (TPSA) is 81.7 Å². The van der Waals surface area contributed by atoms with E-state index in [-0.39, 0.29) is 6.04 Å². The lowest BCUT2D eigenvalue weighted by Gasteiger charge is -2.12. The summed E-state index contributed by atoms with van der Waals surface area (Å²) in [5.41, 5.74) is 8.28. The fraction of sp³-hybridized carbons (Fsp3) is 0.500. The maximum Gasteiger partial charge on any atom is 0.155 e. The van der Waals surface area contributed by atoms with Crippen molar-refractivity contribution < 1.29 is 0 Å². The lowest BCUT2D eigenvalue weighted by atomic mass is 10.3. The van der Waals surface area contributed by atoms with E-state index in [0.29, 0.717) is 6.54 Å². The highest BCUT2D eigenvalue weighted by Crippen LogP contribution is 2.21. The number of nitrogens with zero attached hydrogens (tertiary/aromatic N) is 4. The van der Waals surface area contributed by atoms with E-state index in [1.807, 2.05) is 20.9 Å². The number of nitrogens with two attached hydrogens (primary N) is 1. The zero-order valence-electron chi connectivity index (χ0n) is 9.73. The van der Waals surface area contributed by atoms with Crippen LogP contribution in [0.5, 0.6) is 0 Å². The number of aryl methyl sites for hydroxylation is 2. The van der Waals surface area contributed by atoms with Crippen molar-refractivity contribution in [1.82, 2.24) is 19.7 Å². The fourth-order valence-corrected chi connectivity index (χ4v) is 1.67. The Morgan fingerprint density at radius 2 is 2.25 bits per heavy atom. The molecule has 0 aliphatic rings. The molecule has 0 bridgehead atoms. The molecule has 6 heteroatoms. The molecule has 0 radical (unpaired) electrons. The lowest BCUT2D eigenvalue weighted by molar-refractivity contribution is 0.772. The first-order valence-corrected chi connectivity index (χ1v) is 5.24. The Bertz CT molecular complexity index is 503. The molecule has 1 atom stereocenters. The quantitative estimate of drug-likeness (QED) is 0.784. The monoisotopic (exact) mass is 220 g/mol. The smallest absolute Gasteiger partial charge is 0.155 e. The Hall–Kier alpha value is -1.69. The van der Waals surface area contributed by atoms with Gasteiger partial charge in [0.25, 0.3) is 0 Å². The van der Waals surface area contributed by atoms with Gasteiger partial charge in [-0.2, -0.15) is 5.10 Å². The van der Waals surface area contributed by atoms with Crippen LogP contribution in [0.3, 0.4) is 0 Å². The largest absolute Gasteiger partial charge is 0.364 e. The van der Waals surface area contributed by atoms with Crippen molar-refractivity contribution in [2.45, 2.75) is 19.9 Å². The Kier molecular flexibility index (Phi) is 2.74. The van der Waals surface area contributed by atoms with Gasteiger partial charge < -0.3 is 11.1 Å². The third-order valence-electron chi connectivity index (χ3n) is 2.53. The molecule has 0 spiro atoms. The van der Waals surface area contributed by atoms with Gasteiger partial charge in [0.15, 0.2) is 5.82 Å². The maximum atomic E-state index is 5.58. The van der Waals surface area contributed by atoms with Crippen LogP contribution < -0.4 is 11.1 Å². The van der Waals surface area contributed by atoms with Crippen molar-refractivity contribution in [3.8, 4) is 0 Å². The van der Waals surface area contributed by atoms with Gasteiger partial charge >= 0.3 is 0 Å². The van der Waals surface area contributed by atoms with Crippen LogP contribution in [0.25, 0.3) is 11.0 Å². The summed E-state index contributed by atoms with van der Waals surface area (Å²) in [5.74, 6) is 0.783. The molecule has 0 amide bonds. The van der Waals surface area contributed by atoms with Crippen LogP contribution in [0.2, 0.25) is 0 Å². The molecule has 86 valence electrons. The van der Waals surface area contributed by atoms with E-state index in [2.05, 4.69) is 20.4 Å². The molecule has 0 aromatic carbocycles. The Morgan fingerprint density at radius 3 is 2.94 bits per heavy atom. The van der Waals surface area contributed by atoms with Crippen LogP contribution in [0.4, 0.5) is 5.82 Å². The van der Waals surface area contributed by atoms with Gasteiger partial charge in [0.05, 0.1) is 5.69 Å². The van der Waals surface area contributed by atoms with Crippen molar-refractivity contribution >= 4 is 16.9 Å². The summed E-state index contributed by atoms with van der Waals surface area (Å²) in [6.07, 6.45) is 1.54. The van der Waals surface area contributed by atoms with Gasteiger partial charge in [0.2, 0.25) is 0 Å². The van der Waals surface area contributed by atoms with Crippen molar-refractivity contribution in [1.29, 1.82) is 0 Å². The number of hydrogen-bond acceptors (Lipinski definition) is 5. The average Bonchev–Trinajstić information content (AvgIpc) is 2.56. The SMILES string of the molecule is Cc1nn(C)c2c(NC(C)CN)ncnc12. The predicted octanol–water partition coefficient (Wildman–Crippen LogP) is 0.431. The van der Waals surface area contributed by atoms with Crippen LogP contribution >= 0.6 is 0 Å². The normalized spacial score (nSPS) is 13.0. The summed E-state index contributed by atoms with van der Waals surface area (Å²) >= 11 is 0. The molecule has 0 fully saturated rings. The second-order valence-electron chi connectivity index (χ2n) is 3.91. The van der Waals surface area contributed by atoms with Gasteiger partial charge in [-0.1, -0.05) is 0 Å². The van der Waals surface area contributed by atoms with Gasteiger partial charge in [-0.3, -0.25) is 4.68 Å². The molecule has 3 N–H and O–H groups in total. The molecule has 2 aromatic heterocycles. The van der Waals surface area contributed by atoms with Gasteiger partial charge in [0, 0.05) is 19.6 Å². The Morgan fingerprint density at radius 1 is 1.50 bits per heavy atom. The van der Waals surface area contributed by atoms with Crippen LogP contribution in [0, 0.1) is 6.92 Å². The highest BCUT2D eigenvalue weighted by Gasteiger charge is 2.12. The lowest BCUT2D eigenvalue weighted by Crippen LogP contribution is -2.26. The summed E-state index contributed by atoms with van der Waals surface area (Å²) < 4.78 is 1.79. The van der Waals surface area contributed by atoms with Gasteiger partial charge in [0.1, 0.15) is 17.4 Å². The van der Waals surface area contributed by atoms with Gasteiger partial charge in [-0.15, -0.1) is 0 Å². The van der Waals surface area contributed by atoms with Crippen molar-refractivity contribution in [2.24, 2.45) is 12.8 Å². The highest BCUT2D eigenvalue weighted by molar-refractivity contribution is 5.87. The summed E-state index contributed by atoms with van der Waals surface area (Å²) in [4.78, 5) is 8.46. The minimum absolute atomic E-state index is 0.174. The molecule has 2 rings (SSSR count). The molecular formula is C10H16N6. The first-order chi connectivity index (χ1) is 7.63. The predicted molar refractivity (Wildman–Crippen MR) is 63.2 cm³/mol. The molecule has 0 aliphatic carbocycles. The minimum atomic E-state index is 0.174. The van der Waals surface area contributed by atoms with E-state index in [9.17, 15) is 0 Å². The Balaban J connectivity index is 2.53. The van der Waals surface area contributed by atoms with Crippen LogP contribution in [0.15, 0.2) is 6.33 Å². The van der Waals surface area contributed by atoms with E-state index in [0.717, 1.165) is 22.5 Å². The van der Waals surface area contributed by atoms with E-state index in [1.54, 1.807) is 11.0 Å². The Labute approximate surface area is 93.9 Å². The maximum absolute atomic E-state index is 5.58. The van der Waals surface area contributed by atoms with E-state index >= 15 is 0 Å². The first-order valence-electron chi connectivity index (χ1n) is 5.24. The van der Waals surface area contributed by atoms with E-state index < -0.39 is 0 Å². The summed E-state index contributed by atoms with van der Waals surface area (Å²) in [5, 5.41) is 7.58. The summed E-state index contributed by atoms with van der Waals surface area (Å²) in [7, 11) is 1.89. The number of fused-ring (bicyclic) bond motifs is 1. The van der Waals surface area contributed by atoms with Gasteiger partial charge in [-0.05, 0) is 13.8 Å². The average molecular weight is 220 g/mol. The van der Waals surface area contributed by atoms with Crippen LogP contribution in [-0.4, -0.2) is 32.3 Å². The number of rotatable bonds is 3. The number of anilines is 1. The summed E-state index contributed by atoms with van der Waals surface area (Å²) in [6, 6.07) is 0.174. The van der Waals surface area contributed by atoms with Crippen molar-refractivity contribution in [3.63, 3.8) is 0 Å². The van der Waals surface area contributed by atoms with Crippen molar-refractivity contribution in [3.05, 3.63) is 12.0 Å². The molecule has 1 unspecified atom stereocenters. The standard InChI is InChI=1S/C10H16N6/c1-6(4-11)14-10-9-8(12-5-13-10)7(2)15-16(9)3/h5-6H,4,11H2,1-3H3,(H,12,13,14). The molecule has 0 saturated carbocycles. The van der Waals surface area contributed by atoms with E-state index in [1.165, 1.54) is 0 Å². The highest BCUT2D eigenvalue weighted by atomic mass is 15.3. The van der Waals surface area contributed by atoms with Gasteiger partial charge in [-0.25, -0.2) is 9.97 Å². The molecular weight excluding hydrogens is 204 g/mol. The molecule has 6 nitrogen and oxygen atoms in total. The molecule has 16 heavy (non-hydrogen) atoms. The molecule has 2 aromatic rings. The first kappa shape index (κ1) is 10.8. The summed E-state index contributed by atoms with van der Waals surface area (Å²) in [6.45, 7) is 4.50. The van der Waals surface area contributed by atoms with E-state index in [4.69, 9.17) is 5.73 Å². The third kappa shape index (κ3) is 1.71. The molecule has 0 saturated heterocycles. The zero-order chi connectivity index (χ0) is 11.7. The fourth-order valence-electron chi connectivity index (χ4n) is 1.67. The second kappa shape index (κ2) is 4.05.